The van der Waals surface area contributed by atoms with Crippen LogP contribution in [-0.2, 0) is 20.7 Å². The number of methoxy groups -OCH3 is 1. The van der Waals surface area contributed by atoms with Crippen LogP contribution >= 0.6 is 0 Å². The molecule has 0 spiro atoms. The first-order valence-corrected chi connectivity index (χ1v) is 6.52. The summed E-state index contributed by atoms with van der Waals surface area (Å²) in [5.74, 6) is -0.639. The van der Waals surface area contributed by atoms with Gasteiger partial charge in [-0.1, -0.05) is 30.3 Å². The molecule has 0 heterocycles. The average Bonchev–Trinajstić information content (AvgIpc) is 2.44. The third-order valence-corrected chi connectivity index (χ3v) is 3.08. The number of rotatable bonds is 6. The average molecular weight is 278 g/mol. The van der Waals surface area contributed by atoms with Crippen molar-refractivity contribution in [2.75, 3.05) is 13.7 Å². The van der Waals surface area contributed by atoms with Crippen molar-refractivity contribution >= 4 is 11.9 Å². The molecule has 3 N–H and O–H groups in total. The largest absolute Gasteiger partial charge is 0.469 e. The summed E-state index contributed by atoms with van der Waals surface area (Å²) < 4.78 is 4.68. The third-order valence-electron chi connectivity index (χ3n) is 3.08. The van der Waals surface area contributed by atoms with Crippen LogP contribution in [0.5, 0.6) is 0 Å². The minimum Gasteiger partial charge on any atom is -0.469 e. The molecule has 1 rings (SSSR count). The van der Waals surface area contributed by atoms with Crippen molar-refractivity contribution in [1.82, 2.24) is 5.32 Å². The number of esters is 1. The number of hydrogen-bond donors (Lipinski definition) is 2. The van der Waals surface area contributed by atoms with E-state index in [1.807, 2.05) is 30.3 Å². The van der Waals surface area contributed by atoms with Gasteiger partial charge in [0.05, 0.1) is 18.6 Å². The van der Waals surface area contributed by atoms with E-state index in [-0.39, 0.29) is 18.4 Å². The minimum absolute atomic E-state index is 0.195. The van der Waals surface area contributed by atoms with Gasteiger partial charge in [0.15, 0.2) is 0 Å². The maximum absolute atomic E-state index is 11.9. The third kappa shape index (κ3) is 4.66. The van der Waals surface area contributed by atoms with Gasteiger partial charge in [-0.05, 0) is 25.8 Å². The van der Waals surface area contributed by atoms with Gasteiger partial charge < -0.3 is 15.8 Å². The summed E-state index contributed by atoms with van der Waals surface area (Å²) in [5, 5.41) is 2.69. The van der Waals surface area contributed by atoms with E-state index >= 15 is 0 Å². The summed E-state index contributed by atoms with van der Waals surface area (Å²) in [4.78, 5) is 23.4. The van der Waals surface area contributed by atoms with Crippen molar-refractivity contribution in [3.05, 3.63) is 35.9 Å². The smallest absolute Gasteiger partial charge is 0.313 e. The van der Waals surface area contributed by atoms with Gasteiger partial charge in [-0.15, -0.1) is 0 Å². The van der Waals surface area contributed by atoms with Crippen LogP contribution in [0, 0.1) is 5.41 Å². The molecule has 5 heteroatoms. The number of nitrogens with one attached hydrogen (secondary N) is 1. The summed E-state index contributed by atoms with van der Waals surface area (Å²) in [6, 6.07) is 8.93. The van der Waals surface area contributed by atoms with Crippen LogP contribution in [0.4, 0.5) is 0 Å². The number of carbonyl (C=O) groups is 2. The highest BCUT2D eigenvalue weighted by Crippen LogP contribution is 2.15. The van der Waals surface area contributed by atoms with E-state index in [0.717, 1.165) is 5.56 Å². The van der Waals surface area contributed by atoms with E-state index in [0.29, 0.717) is 6.42 Å². The number of nitrogens with two attached hydrogens (primary N) is 1. The Balaban J connectivity index is 2.48. The van der Waals surface area contributed by atoms with Gasteiger partial charge in [0.2, 0.25) is 5.91 Å². The molecule has 0 radical (unpaired) electrons. The lowest BCUT2D eigenvalue weighted by atomic mass is 9.93. The molecule has 0 aromatic heterocycles. The molecule has 0 bridgehead atoms. The fourth-order valence-corrected chi connectivity index (χ4v) is 1.75. The Labute approximate surface area is 119 Å². The maximum Gasteiger partial charge on any atom is 0.313 e. The van der Waals surface area contributed by atoms with Gasteiger partial charge in [-0.2, -0.15) is 0 Å². The van der Waals surface area contributed by atoms with Crippen molar-refractivity contribution in [1.29, 1.82) is 0 Å². The lowest BCUT2D eigenvalue weighted by Gasteiger charge is -2.22. The summed E-state index contributed by atoms with van der Waals surface area (Å²) in [7, 11) is 1.33. The molecule has 1 amide bonds. The van der Waals surface area contributed by atoms with Crippen LogP contribution in [0.2, 0.25) is 0 Å². The van der Waals surface area contributed by atoms with E-state index in [9.17, 15) is 9.59 Å². The zero-order valence-corrected chi connectivity index (χ0v) is 12.2. The summed E-state index contributed by atoms with van der Waals surface area (Å²) >= 11 is 0. The van der Waals surface area contributed by atoms with Gasteiger partial charge >= 0.3 is 5.97 Å². The SMILES string of the molecule is COC(=O)C(C)(C)CNC(=O)C(N)Cc1ccccc1. The Morgan fingerprint density at radius 2 is 1.90 bits per heavy atom. The quantitative estimate of drug-likeness (QED) is 0.757. The fourth-order valence-electron chi connectivity index (χ4n) is 1.75. The van der Waals surface area contributed by atoms with E-state index in [4.69, 9.17) is 5.73 Å². The van der Waals surface area contributed by atoms with Crippen molar-refractivity contribution in [3.8, 4) is 0 Å². The fraction of sp³-hybridized carbons (Fsp3) is 0.467. The second kappa shape index (κ2) is 7.05. The minimum atomic E-state index is -0.767. The van der Waals surface area contributed by atoms with Crippen LogP contribution in [-0.4, -0.2) is 31.6 Å². The molecule has 1 aromatic carbocycles. The molecule has 1 unspecified atom stereocenters. The lowest BCUT2D eigenvalue weighted by Crippen LogP contribution is -2.47. The molecular weight excluding hydrogens is 256 g/mol. The van der Waals surface area contributed by atoms with Crippen LogP contribution in [0.15, 0.2) is 30.3 Å². The standard InChI is InChI=1S/C15H22N2O3/c1-15(2,14(19)20-3)10-17-13(18)12(16)9-11-7-5-4-6-8-11/h4-8,12H,9-10,16H2,1-3H3,(H,17,18). The summed E-state index contributed by atoms with van der Waals surface area (Å²) in [5.41, 5.74) is 6.09. The van der Waals surface area contributed by atoms with Crippen LogP contribution in [0.1, 0.15) is 19.4 Å². The second-order valence-electron chi connectivity index (χ2n) is 5.39. The normalized spacial score (nSPS) is 12.6. The first-order valence-electron chi connectivity index (χ1n) is 6.52. The molecular formula is C15H22N2O3. The van der Waals surface area contributed by atoms with E-state index < -0.39 is 11.5 Å². The van der Waals surface area contributed by atoms with Crippen LogP contribution in [0.25, 0.3) is 0 Å². The highest BCUT2D eigenvalue weighted by Gasteiger charge is 2.29. The molecule has 0 saturated heterocycles. The van der Waals surface area contributed by atoms with Crippen molar-refractivity contribution in [3.63, 3.8) is 0 Å². The zero-order valence-electron chi connectivity index (χ0n) is 12.2. The summed E-state index contributed by atoms with van der Waals surface area (Å²) in [6.07, 6.45) is 0.464. The number of ether oxygens (including phenoxy) is 1. The molecule has 0 saturated carbocycles. The van der Waals surface area contributed by atoms with E-state index in [2.05, 4.69) is 10.1 Å². The summed E-state index contributed by atoms with van der Waals surface area (Å²) in [6.45, 7) is 3.62. The predicted molar refractivity (Wildman–Crippen MR) is 76.9 cm³/mol. The number of amides is 1. The van der Waals surface area contributed by atoms with Crippen LogP contribution in [0.3, 0.4) is 0 Å². The zero-order chi connectivity index (χ0) is 15.2. The number of benzene rings is 1. The molecule has 0 aliphatic heterocycles. The number of hydrogen-bond acceptors (Lipinski definition) is 4. The highest BCUT2D eigenvalue weighted by atomic mass is 16.5. The molecule has 0 aliphatic rings. The van der Waals surface area contributed by atoms with Gasteiger partial charge in [0, 0.05) is 6.54 Å². The molecule has 1 aromatic rings. The Kier molecular flexibility index (Phi) is 5.70. The first-order chi connectivity index (χ1) is 9.36. The molecule has 1 atom stereocenters. The van der Waals surface area contributed by atoms with Crippen molar-refractivity contribution < 1.29 is 14.3 Å². The molecule has 5 nitrogen and oxygen atoms in total. The Hall–Kier alpha value is -1.88. The van der Waals surface area contributed by atoms with Gasteiger partial charge in [-0.3, -0.25) is 9.59 Å². The molecule has 0 fully saturated rings. The van der Waals surface area contributed by atoms with Gasteiger partial charge in [0.25, 0.3) is 0 Å². The monoisotopic (exact) mass is 278 g/mol. The Morgan fingerprint density at radius 1 is 1.30 bits per heavy atom. The van der Waals surface area contributed by atoms with E-state index in [1.165, 1.54) is 7.11 Å². The van der Waals surface area contributed by atoms with Crippen molar-refractivity contribution in [2.45, 2.75) is 26.3 Å². The molecule has 20 heavy (non-hydrogen) atoms. The van der Waals surface area contributed by atoms with E-state index in [1.54, 1.807) is 13.8 Å². The Morgan fingerprint density at radius 3 is 2.45 bits per heavy atom. The number of carbonyl (C=O) groups excluding carboxylic acids is 2. The predicted octanol–water partition coefficient (Wildman–Crippen LogP) is 0.872. The van der Waals surface area contributed by atoms with Gasteiger partial charge in [-0.25, -0.2) is 0 Å². The first kappa shape index (κ1) is 16.2. The van der Waals surface area contributed by atoms with Crippen LogP contribution < -0.4 is 11.1 Å². The highest BCUT2D eigenvalue weighted by molar-refractivity contribution is 5.83. The maximum atomic E-state index is 11.9. The van der Waals surface area contributed by atoms with Gasteiger partial charge in [0.1, 0.15) is 0 Å². The van der Waals surface area contributed by atoms with Crippen molar-refractivity contribution in [2.24, 2.45) is 11.1 Å². The molecule has 0 aliphatic carbocycles. The topological polar surface area (TPSA) is 81.4 Å². The second-order valence-corrected chi connectivity index (χ2v) is 5.39. The molecule has 110 valence electrons. The lowest BCUT2D eigenvalue weighted by molar-refractivity contribution is -0.150. The Bertz CT molecular complexity index is 457.